The van der Waals surface area contributed by atoms with Crippen LogP contribution in [-0.4, -0.2) is 13.1 Å². The largest absolute Gasteiger partial charge is 0.465 e. The number of esters is 1. The Morgan fingerprint density at radius 2 is 2.20 bits per heavy atom. The van der Waals surface area contributed by atoms with Gasteiger partial charge in [-0.15, -0.1) is 0 Å². The number of halogens is 1. The highest BCUT2D eigenvalue weighted by molar-refractivity contribution is 5.97. The first-order valence-corrected chi connectivity index (χ1v) is 4.13. The standard InChI is InChI=1S/C11H8FNO2/c1-15-11(14)9(7-13)6-8-4-2-3-5-10(8)12/h2-6H,1H3/b9-6-. The molecule has 0 bridgehead atoms. The van der Waals surface area contributed by atoms with Crippen LogP contribution in [-0.2, 0) is 9.53 Å². The summed E-state index contributed by atoms with van der Waals surface area (Å²) in [6.45, 7) is 0. The van der Waals surface area contributed by atoms with Crippen molar-refractivity contribution in [3.8, 4) is 6.07 Å². The molecule has 0 fully saturated rings. The Hall–Kier alpha value is -2.15. The first-order valence-electron chi connectivity index (χ1n) is 4.13. The SMILES string of the molecule is COC(=O)/C(C#N)=C\c1ccccc1F. The predicted octanol–water partition coefficient (Wildman–Crippen LogP) is 1.91. The number of methoxy groups -OCH3 is 1. The second-order valence-corrected chi connectivity index (χ2v) is 2.68. The van der Waals surface area contributed by atoms with Crippen LogP contribution in [0.4, 0.5) is 4.39 Å². The fourth-order valence-electron chi connectivity index (χ4n) is 0.994. The smallest absolute Gasteiger partial charge is 0.348 e. The van der Waals surface area contributed by atoms with E-state index < -0.39 is 11.8 Å². The lowest BCUT2D eigenvalue weighted by atomic mass is 10.1. The lowest BCUT2D eigenvalue weighted by molar-refractivity contribution is -0.135. The van der Waals surface area contributed by atoms with Crippen LogP contribution in [0.15, 0.2) is 29.8 Å². The van der Waals surface area contributed by atoms with Gasteiger partial charge in [-0.25, -0.2) is 9.18 Å². The Morgan fingerprint density at radius 1 is 1.53 bits per heavy atom. The molecule has 1 rings (SSSR count). The monoisotopic (exact) mass is 205 g/mol. The number of nitriles is 1. The van der Waals surface area contributed by atoms with Crippen molar-refractivity contribution >= 4 is 12.0 Å². The van der Waals surface area contributed by atoms with Crippen LogP contribution in [0.1, 0.15) is 5.56 Å². The quantitative estimate of drug-likeness (QED) is 0.421. The van der Waals surface area contributed by atoms with E-state index >= 15 is 0 Å². The van der Waals surface area contributed by atoms with Crippen LogP contribution in [0.25, 0.3) is 6.08 Å². The molecule has 0 heterocycles. The fraction of sp³-hybridized carbons (Fsp3) is 0.0909. The van der Waals surface area contributed by atoms with Gasteiger partial charge in [-0.1, -0.05) is 18.2 Å². The van der Waals surface area contributed by atoms with Crippen LogP contribution in [0, 0.1) is 17.1 Å². The number of rotatable bonds is 2. The Labute approximate surface area is 86.4 Å². The first-order chi connectivity index (χ1) is 7.19. The maximum Gasteiger partial charge on any atom is 0.348 e. The van der Waals surface area contributed by atoms with Crippen molar-refractivity contribution < 1.29 is 13.9 Å². The Balaban J connectivity index is 3.11. The van der Waals surface area contributed by atoms with E-state index in [9.17, 15) is 9.18 Å². The molecule has 0 aliphatic rings. The van der Waals surface area contributed by atoms with Gasteiger partial charge in [0.25, 0.3) is 0 Å². The number of benzene rings is 1. The molecule has 1 aromatic rings. The van der Waals surface area contributed by atoms with E-state index in [0.29, 0.717) is 0 Å². The van der Waals surface area contributed by atoms with Gasteiger partial charge >= 0.3 is 5.97 Å². The molecule has 0 aliphatic heterocycles. The third-order valence-corrected chi connectivity index (χ3v) is 1.73. The van der Waals surface area contributed by atoms with E-state index in [2.05, 4.69) is 4.74 Å². The molecule has 0 radical (unpaired) electrons. The molecule has 0 unspecified atom stereocenters. The number of carbonyl (C=O) groups is 1. The van der Waals surface area contributed by atoms with Crippen LogP contribution >= 0.6 is 0 Å². The summed E-state index contributed by atoms with van der Waals surface area (Å²) >= 11 is 0. The highest BCUT2D eigenvalue weighted by Gasteiger charge is 2.09. The summed E-state index contributed by atoms with van der Waals surface area (Å²) in [6.07, 6.45) is 1.15. The summed E-state index contributed by atoms with van der Waals surface area (Å²) in [6, 6.07) is 7.50. The number of ether oxygens (including phenoxy) is 1. The van der Waals surface area contributed by atoms with Crippen molar-refractivity contribution in [3.63, 3.8) is 0 Å². The zero-order valence-electron chi connectivity index (χ0n) is 8.03. The zero-order valence-corrected chi connectivity index (χ0v) is 8.03. The summed E-state index contributed by atoms with van der Waals surface area (Å²) < 4.78 is 17.5. The van der Waals surface area contributed by atoms with E-state index in [4.69, 9.17) is 5.26 Å². The van der Waals surface area contributed by atoms with Crippen molar-refractivity contribution in [2.45, 2.75) is 0 Å². The van der Waals surface area contributed by atoms with Crippen molar-refractivity contribution in [1.82, 2.24) is 0 Å². The normalized spacial score (nSPS) is 10.6. The Bertz CT molecular complexity index is 446. The molecule has 4 heteroatoms. The van der Waals surface area contributed by atoms with Crippen molar-refractivity contribution in [1.29, 1.82) is 5.26 Å². The van der Waals surface area contributed by atoms with Crippen molar-refractivity contribution in [2.24, 2.45) is 0 Å². The zero-order chi connectivity index (χ0) is 11.3. The average Bonchev–Trinajstić information content (AvgIpc) is 2.27. The highest BCUT2D eigenvalue weighted by atomic mass is 19.1. The van der Waals surface area contributed by atoms with Gasteiger partial charge in [-0.2, -0.15) is 5.26 Å². The first kappa shape index (κ1) is 10.9. The molecule has 0 N–H and O–H groups in total. The van der Waals surface area contributed by atoms with Crippen LogP contribution < -0.4 is 0 Å². The van der Waals surface area contributed by atoms with E-state index in [1.54, 1.807) is 12.1 Å². The van der Waals surface area contributed by atoms with Gasteiger partial charge in [0, 0.05) is 5.56 Å². The third kappa shape index (κ3) is 2.64. The van der Waals surface area contributed by atoms with E-state index in [0.717, 1.165) is 13.2 Å². The molecule has 15 heavy (non-hydrogen) atoms. The van der Waals surface area contributed by atoms with E-state index in [1.165, 1.54) is 18.2 Å². The molecule has 0 saturated heterocycles. The van der Waals surface area contributed by atoms with Crippen molar-refractivity contribution in [3.05, 3.63) is 41.2 Å². The average molecular weight is 205 g/mol. The molecule has 0 amide bonds. The van der Waals surface area contributed by atoms with Crippen LogP contribution in [0.2, 0.25) is 0 Å². The molecule has 0 aliphatic carbocycles. The van der Waals surface area contributed by atoms with Gasteiger partial charge in [-0.3, -0.25) is 0 Å². The minimum Gasteiger partial charge on any atom is -0.465 e. The number of nitrogens with zero attached hydrogens (tertiary/aromatic N) is 1. The van der Waals surface area contributed by atoms with Crippen LogP contribution in [0.5, 0.6) is 0 Å². The van der Waals surface area contributed by atoms with Crippen LogP contribution in [0.3, 0.4) is 0 Å². The minimum absolute atomic E-state index is 0.180. The third-order valence-electron chi connectivity index (χ3n) is 1.73. The molecule has 0 saturated carbocycles. The van der Waals surface area contributed by atoms with Gasteiger partial charge in [0.1, 0.15) is 17.5 Å². The molecule has 0 atom stereocenters. The lowest BCUT2D eigenvalue weighted by Gasteiger charge is -1.98. The topological polar surface area (TPSA) is 50.1 Å². The summed E-state index contributed by atoms with van der Waals surface area (Å²) in [5.41, 5.74) is -0.0537. The number of carbonyl (C=O) groups excluding carboxylic acids is 1. The number of hydrogen-bond donors (Lipinski definition) is 0. The molecular weight excluding hydrogens is 197 g/mol. The maximum atomic E-state index is 13.1. The Kier molecular flexibility index (Phi) is 3.58. The summed E-state index contributed by atoms with van der Waals surface area (Å²) in [5, 5.41) is 8.64. The second kappa shape index (κ2) is 4.91. The molecule has 76 valence electrons. The molecule has 3 nitrogen and oxygen atoms in total. The molecular formula is C11H8FNO2. The summed E-state index contributed by atoms with van der Waals surface area (Å²) in [4.78, 5) is 11.0. The number of hydrogen-bond acceptors (Lipinski definition) is 3. The lowest BCUT2D eigenvalue weighted by Crippen LogP contribution is -2.02. The molecule has 0 aromatic heterocycles. The van der Waals surface area contributed by atoms with Gasteiger partial charge < -0.3 is 4.74 Å². The van der Waals surface area contributed by atoms with E-state index in [-0.39, 0.29) is 11.1 Å². The second-order valence-electron chi connectivity index (χ2n) is 2.68. The summed E-state index contributed by atoms with van der Waals surface area (Å²) in [5.74, 6) is -1.27. The molecule has 1 aromatic carbocycles. The predicted molar refractivity (Wildman–Crippen MR) is 52.0 cm³/mol. The minimum atomic E-state index is -0.777. The van der Waals surface area contributed by atoms with Gasteiger partial charge in [0.2, 0.25) is 0 Å². The summed E-state index contributed by atoms with van der Waals surface area (Å²) in [7, 11) is 1.16. The van der Waals surface area contributed by atoms with Gasteiger partial charge in [0.05, 0.1) is 7.11 Å². The van der Waals surface area contributed by atoms with Gasteiger partial charge in [0.15, 0.2) is 0 Å². The maximum absolute atomic E-state index is 13.1. The van der Waals surface area contributed by atoms with Crippen molar-refractivity contribution in [2.75, 3.05) is 7.11 Å². The Morgan fingerprint density at radius 3 is 2.73 bits per heavy atom. The fourth-order valence-corrected chi connectivity index (χ4v) is 0.994. The van der Waals surface area contributed by atoms with E-state index in [1.807, 2.05) is 0 Å². The van der Waals surface area contributed by atoms with Gasteiger partial charge in [-0.05, 0) is 12.1 Å². The molecule has 0 spiro atoms. The highest BCUT2D eigenvalue weighted by Crippen LogP contribution is 2.11.